The quantitative estimate of drug-likeness (QED) is 0.827. The van der Waals surface area contributed by atoms with Crippen LogP contribution in [0.2, 0.25) is 10.0 Å². The van der Waals surface area contributed by atoms with Crippen molar-refractivity contribution in [2.75, 3.05) is 18.5 Å². The summed E-state index contributed by atoms with van der Waals surface area (Å²) in [4.78, 5) is 0. The van der Waals surface area contributed by atoms with Crippen molar-refractivity contribution in [1.82, 2.24) is 0 Å². The monoisotopic (exact) mass is 279 g/mol. The highest BCUT2D eigenvalue weighted by molar-refractivity contribution is 6.39. The van der Waals surface area contributed by atoms with Gasteiger partial charge in [0.05, 0.1) is 27.9 Å². The van der Waals surface area contributed by atoms with E-state index >= 15 is 0 Å². The Morgan fingerprint density at radius 2 is 1.76 bits per heavy atom. The molecule has 0 aliphatic carbocycles. The number of nitrogens with one attached hydrogen (secondary N) is 1. The van der Waals surface area contributed by atoms with Gasteiger partial charge >= 0.3 is 0 Å². The minimum atomic E-state index is -0.448. The number of benzene rings is 1. The van der Waals surface area contributed by atoms with Crippen LogP contribution in [0.25, 0.3) is 0 Å². The molecule has 1 N–H and O–H groups in total. The lowest BCUT2D eigenvalue weighted by atomic mass is 10.2. The van der Waals surface area contributed by atoms with Gasteiger partial charge in [0.25, 0.3) is 0 Å². The van der Waals surface area contributed by atoms with Gasteiger partial charge in [-0.25, -0.2) is 4.39 Å². The van der Waals surface area contributed by atoms with Crippen LogP contribution in [0.1, 0.15) is 20.8 Å². The summed E-state index contributed by atoms with van der Waals surface area (Å²) >= 11 is 11.8. The van der Waals surface area contributed by atoms with Crippen LogP contribution in [0.15, 0.2) is 12.1 Å². The van der Waals surface area contributed by atoms with Crippen LogP contribution in [0.5, 0.6) is 0 Å². The first-order valence-electron chi connectivity index (χ1n) is 5.32. The fraction of sp³-hybridized carbons (Fsp3) is 0.500. The summed E-state index contributed by atoms with van der Waals surface area (Å²) in [6, 6.07) is 2.45. The number of hydrogen-bond donors (Lipinski definition) is 1. The Labute approximate surface area is 111 Å². The van der Waals surface area contributed by atoms with E-state index in [1.54, 1.807) is 0 Å². The normalized spacial score (nSPS) is 11.6. The number of anilines is 1. The molecule has 0 saturated heterocycles. The van der Waals surface area contributed by atoms with Crippen molar-refractivity contribution in [2.45, 2.75) is 26.4 Å². The summed E-state index contributed by atoms with van der Waals surface area (Å²) in [6.07, 6.45) is 0. The van der Waals surface area contributed by atoms with E-state index in [1.165, 1.54) is 12.1 Å². The van der Waals surface area contributed by atoms with Crippen LogP contribution in [0, 0.1) is 5.82 Å². The van der Waals surface area contributed by atoms with Gasteiger partial charge in [-0.3, -0.25) is 0 Å². The summed E-state index contributed by atoms with van der Waals surface area (Å²) in [5.41, 5.74) is 0.352. The molecular weight excluding hydrogens is 264 g/mol. The summed E-state index contributed by atoms with van der Waals surface area (Å²) in [5.74, 6) is -0.448. The molecule has 0 aliphatic heterocycles. The van der Waals surface area contributed by atoms with Crippen LogP contribution in [0.3, 0.4) is 0 Å². The third kappa shape index (κ3) is 5.11. The third-order valence-corrected chi connectivity index (χ3v) is 2.54. The van der Waals surface area contributed by atoms with E-state index in [1.807, 2.05) is 20.8 Å². The van der Waals surface area contributed by atoms with Gasteiger partial charge in [0.15, 0.2) is 0 Å². The lowest BCUT2D eigenvalue weighted by Crippen LogP contribution is -2.23. The minimum Gasteiger partial charge on any atom is -0.380 e. The smallest absolute Gasteiger partial charge is 0.126 e. The second kappa shape index (κ2) is 5.89. The average Bonchev–Trinajstić information content (AvgIpc) is 2.13. The van der Waals surface area contributed by atoms with Crippen LogP contribution in [-0.4, -0.2) is 18.8 Å². The summed E-state index contributed by atoms with van der Waals surface area (Å²) in [6.45, 7) is 7.01. The number of hydrogen-bond acceptors (Lipinski definition) is 2. The second-order valence-corrected chi connectivity index (χ2v) is 5.45. The molecule has 0 atom stereocenters. The van der Waals surface area contributed by atoms with Gasteiger partial charge in [-0.2, -0.15) is 0 Å². The topological polar surface area (TPSA) is 21.3 Å². The Balaban J connectivity index is 2.53. The van der Waals surface area contributed by atoms with Crippen molar-refractivity contribution in [2.24, 2.45) is 0 Å². The van der Waals surface area contributed by atoms with Gasteiger partial charge in [-0.1, -0.05) is 23.2 Å². The first-order valence-corrected chi connectivity index (χ1v) is 6.07. The first-order chi connectivity index (χ1) is 7.79. The van der Waals surface area contributed by atoms with Crippen molar-refractivity contribution in [3.63, 3.8) is 0 Å². The van der Waals surface area contributed by atoms with E-state index in [0.717, 1.165) is 0 Å². The Hall–Kier alpha value is -0.510. The maximum atomic E-state index is 12.9. The molecule has 0 radical (unpaired) electrons. The van der Waals surface area contributed by atoms with Crippen LogP contribution in [0.4, 0.5) is 10.1 Å². The zero-order valence-corrected chi connectivity index (χ0v) is 11.6. The van der Waals surface area contributed by atoms with E-state index in [0.29, 0.717) is 18.8 Å². The maximum absolute atomic E-state index is 12.9. The van der Waals surface area contributed by atoms with Crippen molar-refractivity contribution < 1.29 is 9.13 Å². The number of ether oxygens (including phenoxy) is 1. The molecule has 0 aliphatic rings. The SMILES string of the molecule is CC(C)(C)OCCNc1c(Cl)cc(F)cc1Cl. The predicted molar refractivity (Wildman–Crippen MR) is 70.6 cm³/mol. The molecule has 96 valence electrons. The Bertz CT molecular complexity index is 368. The molecule has 1 aromatic rings. The zero-order valence-electron chi connectivity index (χ0n) is 10.1. The first kappa shape index (κ1) is 14.6. The molecule has 0 aromatic heterocycles. The summed E-state index contributed by atoms with van der Waals surface area (Å²) in [5, 5.41) is 3.56. The van der Waals surface area contributed by atoms with E-state index in [4.69, 9.17) is 27.9 Å². The molecule has 0 spiro atoms. The van der Waals surface area contributed by atoms with Gasteiger partial charge in [0, 0.05) is 6.54 Å². The average molecular weight is 280 g/mol. The van der Waals surface area contributed by atoms with Gasteiger partial charge in [0.2, 0.25) is 0 Å². The fourth-order valence-corrected chi connectivity index (χ4v) is 1.84. The van der Waals surface area contributed by atoms with Crippen molar-refractivity contribution in [1.29, 1.82) is 0 Å². The largest absolute Gasteiger partial charge is 0.380 e. The molecule has 5 heteroatoms. The number of rotatable bonds is 4. The molecular formula is C12H16Cl2FNO. The third-order valence-electron chi connectivity index (χ3n) is 1.95. The fourth-order valence-electron chi connectivity index (χ4n) is 1.24. The molecule has 1 aromatic carbocycles. The van der Waals surface area contributed by atoms with Crippen LogP contribution < -0.4 is 5.32 Å². The summed E-state index contributed by atoms with van der Waals surface area (Å²) in [7, 11) is 0. The Kier molecular flexibility index (Phi) is 5.04. The van der Waals surface area contributed by atoms with Gasteiger partial charge in [0.1, 0.15) is 5.82 Å². The lowest BCUT2D eigenvalue weighted by molar-refractivity contribution is 0.00334. The van der Waals surface area contributed by atoms with Crippen molar-refractivity contribution >= 4 is 28.9 Å². The van der Waals surface area contributed by atoms with E-state index in [-0.39, 0.29) is 15.6 Å². The van der Waals surface area contributed by atoms with Crippen molar-refractivity contribution in [3.05, 3.63) is 28.0 Å². The van der Waals surface area contributed by atoms with Crippen LogP contribution >= 0.6 is 23.2 Å². The van der Waals surface area contributed by atoms with Gasteiger partial charge in [-0.05, 0) is 32.9 Å². The second-order valence-electron chi connectivity index (χ2n) is 4.63. The highest BCUT2D eigenvalue weighted by Crippen LogP contribution is 2.31. The van der Waals surface area contributed by atoms with Gasteiger partial charge in [-0.15, -0.1) is 0 Å². The lowest BCUT2D eigenvalue weighted by Gasteiger charge is -2.20. The molecule has 2 nitrogen and oxygen atoms in total. The maximum Gasteiger partial charge on any atom is 0.126 e. The number of halogens is 3. The molecule has 1 rings (SSSR count). The van der Waals surface area contributed by atoms with E-state index in [9.17, 15) is 4.39 Å². The summed E-state index contributed by atoms with van der Waals surface area (Å²) < 4.78 is 18.5. The molecule has 0 saturated carbocycles. The standard InChI is InChI=1S/C12H16Cl2FNO/c1-12(2,3)17-5-4-16-11-9(13)6-8(15)7-10(11)14/h6-7,16H,4-5H2,1-3H3. The molecule has 0 unspecified atom stereocenters. The minimum absolute atomic E-state index is 0.182. The predicted octanol–water partition coefficient (Wildman–Crippen LogP) is 4.36. The van der Waals surface area contributed by atoms with E-state index < -0.39 is 5.82 Å². The van der Waals surface area contributed by atoms with Gasteiger partial charge < -0.3 is 10.1 Å². The zero-order chi connectivity index (χ0) is 13.1. The Morgan fingerprint density at radius 3 is 2.24 bits per heavy atom. The van der Waals surface area contributed by atoms with Crippen molar-refractivity contribution in [3.8, 4) is 0 Å². The van der Waals surface area contributed by atoms with Crippen LogP contribution in [-0.2, 0) is 4.74 Å². The molecule has 0 bridgehead atoms. The molecule has 17 heavy (non-hydrogen) atoms. The molecule has 0 amide bonds. The molecule has 0 fully saturated rings. The molecule has 0 heterocycles. The highest BCUT2D eigenvalue weighted by atomic mass is 35.5. The van der Waals surface area contributed by atoms with E-state index in [2.05, 4.69) is 5.32 Å². The Morgan fingerprint density at radius 1 is 1.24 bits per heavy atom. The highest BCUT2D eigenvalue weighted by Gasteiger charge is 2.11.